The molecule has 2 rings (SSSR count). The third kappa shape index (κ3) is 4.05. The molecular weight excluding hydrogens is 282 g/mol. The lowest BCUT2D eigenvalue weighted by atomic mass is 10.3. The molecule has 0 unspecified atom stereocenters. The van der Waals surface area contributed by atoms with Crippen LogP contribution >= 0.6 is 0 Å². The number of amides is 1. The van der Waals surface area contributed by atoms with Gasteiger partial charge in [0.2, 0.25) is 5.91 Å². The molecule has 114 valence electrons. The fourth-order valence-electron chi connectivity index (χ4n) is 1.93. The van der Waals surface area contributed by atoms with Gasteiger partial charge in [-0.15, -0.1) is 0 Å². The lowest BCUT2D eigenvalue weighted by molar-refractivity contribution is -0.142. The Hall–Kier alpha value is -2.89. The van der Waals surface area contributed by atoms with Crippen LogP contribution in [0.5, 0.6) is 0 Å². The van der Waals surface area contributed by atoms with Gasteiger partial charge in [0.15, 0.2) is 0 Å². The van der Waals surface area contributed by atoms with Gasteiger partial charge < -0.3 is 10.0 Å². The van der Waals surface area contributed by atoms with Crippen LogP contribution in [-0.4, -0.2) is 44.8 Å². The highest BCUT2D eigenvalue weighted by molar-refractivity contribution is 5.93. The molecule has 1 heterocycles. The number of aliphatic carboxylic acids is 1. The van der Waals surface area contributed by atoms with Gasteiger partial charge in [-0.2, -0.15) is 5.10 Å². The summed E-state index contributed by atoms with van der Waals surface area (Å²) >= 11 is 0. The lowest BCUT2D eigenvalue weighted by Gasteiger charge is -2.15. The van der Waals surface area contributed by atoms with E-state index in [2.05, 4.69) is 5.10 Å². The Bertz CT molecular complexity index is 677. The Morgan fingerprint density at radius 1 is 1.32 bits per heavy atom. The predicted molar refractivity (Wildman–Crippen MR) is 82.5 cm³/mol. The van der Waals surface area contributed by atoms with Crippen molar-refractivity contribution in [3.8, 4) is 5.69 Å². The third-order valence-electron chi connectivity index (χ3n) is 3.06. The largest absolute Gasteiger partial charge is 0.480 e. The van der Waals surface area contributed by atoms with Crippen molar-refractivity contribution in [2.24, 2.45) is 0 Å². The highest BCUT2D eigenvalue weighted by Crippen LogP contribution is 2.09. The topological polar surface area (TPSA) is 75.4 Å². The molecule has 1 aromatic carbocycles. The molecule has 0 saturated carbocycles. The number of carboxylic acids is 1. The van der Waals surface area contributed by atoms with Gasteiger partial charge in [-0.25, -0.2) is 4.68 Å². The zero-order chi connectivity index (χ0) is 15.9. The molecule has 0 aliphatic carbocycles. The van der Waals surface area contributed by atoms with E-state index in [-0.39, 0.29) is 12.5 Å². The number of nitrogens with zero attached hydrogens (tertiary/aromatic N) is 3. The Balaban J connectivity index is 2.06. The van der Waals surface area contributed by atoms with E-state index >= 15 is 0 Å². The summed E-state index contributed by atoms with van der Waals surface area (Å²) in [4.78, 5) is 23.8. The number of para-hydroxylation sites is 1. The lowest BCUT2D eigenvalue weighted by Crippen LogP contribution is -2.34. The van der Waals surface area contributed by atoms with E-state index in [1.54, 1.807) is 30.1 Å². The molecule has 22 heavy (non-hydrogen) atoms. The van der Waals surface area contributed by atoms with E-state index in [0.717, 1.165) is 11.3 Å². The second-order valence-electron chi connectivity index (χ2n) is 4.63. The van der Waals surface area contributed by atoms with Crippen molar-refractivity contribution in [3.05, 3.63) is 54.4 Å². The Morgan fingerprint density at radius 2 is 2.05 bits per heavy atom. The summed E-state index contributed by atoms with van der Waals surface area (Å²) in [5.41, 5.74) is 1.69. The maximum absolute atomic E-state index is 11.9. The predicted octanol–water partition coefficient (Wildman–Crippen LogP) is 1.82. The van der Waals surface area contributed by atoms with Crippen LogP contribution in [0.2, 0.25) is 0 Å². The van der Waals surface area contributed by atoms with E-state index in [4.69, 9.17) is 5.11 Å². The summed E-state index contributed by atoms with van der Waals surface area (Å²) < 4.78 is 1.71. The summed E-state index contributed by atoms with van der Waals surface area (Å²) in [5.74, 6) is -1.36. The van der Waals surface area contributed by atoms with Crippen LogP contribution < -0.4 is 0 Å². The number of hydrogen-bond donors (Lipinski definition) is 1. The van der Waals surface area contributed by atoms with Gasteiger partial charge in [0.1, 0.15) is 6.54 Å². The zero-order valence-corrected chi connectivity index (χ0v) is 12.2. The quantitative estimate of drug-likeness (QED) is 0.826. The zero-order valence-electron chi connectivity index (χ0n) is 12.2. The van der Waals surface area contributed by atoms with Gasteiger partial charge in [0, 0.05) is 24.4 Å². The van der Waals surface area contributed by atoms with E-state index in [1.807, 2.05) is 30.3 Å². The molecule has 0 radical (unpaired) electrons. The van der Waals surface area contributed by atoms with E-state index in [0.29, 0.717) is 6.54 Å². The molecule has 0 saturated heterocycles. The van der Waals surface area contributed by atoms with Crippen molar-refractivity contribution >= 4 is 18.0 Å². The molecule has 0 aliphatic rings. The summed E-state index contributed by atoms with van der Waals surface area (Å²) in [5, 5.41) is 13.0. The molecule has 1 aromatic heterocycles. The Kier molecular flexibility index (Phi) is 5.08. The average Bonchev–Trinajstić information content (AvgIpc) is 3.00. The van der Waals surface area contributed by atoms with Crippen molar-refractivity contribution in [2.45, 2.75) is 6.92 Å². The molecule has 0 fully saturated rings. The standard InChI is InChI=1S/C16H17N3O3/c1-2-18(12-16(21)22)15(20)9-8-13-10-17-19(11-13)14-6-4-3-5-7-14/h3-11H,2,12H2,1H3,(H,21,22)/b9-8+. The van der Waals surface area contributed by atoms with Crippen molar-refractivity contribution in [1.82, 2.24) is 14.7 Å². The molecule has 1 N–H and O–H groups in total. The van der Waals surface area contributed by atoms with E-state index < -0.39 is 5.97 Å². The fourth-order valence-corrected chi connectivity index (χ4v) is 1.93. The highest BCUT2D eigenvalue weighted by atomic mass is 16.4. The van der Waals surface area contributed by atoms with Crippen LogP contribution in [0.3, 0.4) is 0 Å². The third-order valence-corrected chi connectivity index (χ3v) is 3.06. The van der Waals surface area contributed by atoms with Crippen LogP contribution in [0.15, 0.2) is 48.8 Å². The molecule has 6 nitrogen and oxygen atoms in total. The minimum absolute atomic E-state index is 0.303. The number of carbonyl (C=O) groups excluding carboxylic acids is 1. The second-order valence-corrected chi connectivity index (χ2v) is 4.63. The number of hydrogen-bond acceptors (Lipinski definition) is 3. The van der Waals surface area contributed by atoms with Crippen LogP contribution in [0.25, 0.3) is 11.8 Å². The number of rotatable bonds is 6. The van der Waals surface area contributed by atoms with Gasteiger partial charge in [-0.05, 0) is 25.1 Å². The van der Waals surface area contributed by atoms with Crippen molar-refractivity contribution in [2.75, 3.05) is 13.1 Å². The van der Waals surface area contributed by atoms with E-state index in [1.165, 1.54) is 11.0 Å². The number of aromatic nitrogens is 2. The summed E-state index contributed by atoms with van der Waals surface area (Å²) in [6.45, 7) is 1.78. The number of likely N-dealkylation sites (N-methyl/N-ethyl adjacent to an activating group) is 1. The molecule has 1 amide bonds. The van der Waals surface area contributed by atoms with Gasteiger partial charge in [-0.3, -0.25) is 9.59 Å². The van der Waals surface area contributed by atoms with Crippen LogP contribution in [0.4, 0.5) is 0 Å². The van der Waals surface area contributed by atoms with Crippen LogP contribution in [0, 0.1) is 0 Å². The maximum Gasteiger partial charge on any atom is 0.323 e. The van der Waals surface area contributed by atoms with Gasteiger partial charge in [0.25, 0.3) is 0 Å². The van der Waals surface area contributed by atoms with Crippen molar-refractivity contribution in [1.29, 1.82) is 0 Å². The molecule has 0 spiro atoms. The first-order valence-corrected chi connectivity index (χ1v) is 6.89. The summed E-state index contributed by atoms with van der Waals surface area (Å²) in [7, 11) is 0. The second kappa shape index (κ2) is 7.21. The molecule has 0 bridgehead atoms. The van der Waals surface area contributed by atoms with Crippen LogP contribution in [0.1, 0.15) is 12.5 Å². The Labute approximate surface area is 128 Å². The SMILES string of the molecule is CCN(CC(=O)O)C(=O)/C=C/c1cnn(-c2ccccc2)c1. The van der Waals surface area contributed by atoms with Gasteiger partial charge in [0.05, 0.1) is 11.9 Å². The maximum atomic E-state index is 11.9. The fraction of sp³-hybridized carbons (Fsp3) is 0.188. The van der Waals surface area contributed by atoms with Crippen LogP contribution in [-0.2, 0) is 9.59 Å². The summed E-state index contributed by atoms with van der Waals surface area (Å²) in [6, 6.07) is 9.62. The summed E-state index contributed by atoms with van der Waals surface area (Å²) in [6.07, 6.45) is 6.43. The molecule has 2 aromatic rings. The number of benzene rings is 1. The van der Waals surface area contributed by atoms with Gasteiger partial charge in [-0.1, -0.05) is 18.2 Å². The average molecular weight is 299 g/mol. The first-order chi connectivity index (χ1) is 10.6. The number of carboxylic acid groups (broad SMARTS) is 1. The Morgan fingerprint density at radius 3 is 2.68 bits per heavy atom. The molecule has 6 heteroatoms. The minimum Gasteiger partial charge on any atom is -0.480 e. The van der Waals surface area contributed by atoms with Crippen molar-refractivity contribution < 1.29 is 14.7 Å². The van der Waals surface area contributed by atoms with E-state index in [9.17, 15) is 9.59 Å². The van der Waals surface area contributed by atoms with Crippen molar-refractivity contribution in [3.63, 3.8) is 0 Å². The molecular formula is C16H17N3O3. The smallest absolute Gasteiger partial charge is 0.323 e. The first kappa shape index (κ1) is 15.5. The normalized spacial score (nSPS) is 10.8. The molecule has 0 aliphatic heterocycles. The molecule has 0 atom stereocenters. The first-order valence-electron chi connectivity index (χ1n) is 6.89. The number of carbonyl (C=O) groups is 2. The highest BCUT2D eigenvalue weighted by Gasteiger charge is 2.11. The van der Waals surface area contributed by atoms with Gasteiger partial charge >= 0.3 is 5.97 Å². The monoisotopic (exact) mass is 299 g/mol. The minimum atomic E-state index is -1.03.